The molecule has 0 unspecified atom stereocenters. The van der Waals surface area contributed by atoms with Gasteiger partial charge in [-0.15, -0.1) is 0 Å². The number of hydrogen-bond donors (Lipinski definition) is 2. The molecule has 0 aliphatic heterocycles. The third-order valence-corrected chi connectivity index (χ3v) is 6.07. The van der Waals surface area contributed by atoms with Crippen molar-refractivity contribution in [1.82, 2.24) is 5.32 Å². The maximum Gasteiger partial charge on any atom is 0.253 e. The Hall–Kier alpha value is -1.22. The van der Waals surface area contributed by atoms with Crippen LogP contribution < -0.4 is 11.1 Å². The van der Waals surface area contributed by atoms with Crippen LogP contribution in [0.5, 0.6) is 0 Å². The van der Waals surface area contributed by atoms with Gasteiger partial charge in [-0.05, 0) is 74.0 Å². The predicted molar refractivity (Wildman–Crippen MR) is 84.2 cm³/mol. The number of nitrogens with two attached hydrogens (primary N) is 1. The van der Waals surface area contributed by atoms with Gasteiger partial charge in [0.1, 0.15) is 0 Å². The van der Waals surface area contributed by atoms with E-state index in [0.717, 1.165) is 11.8 Å². The van der Waals surface area contributed by atoms with E-state index < -0.39 is 0 Å². The van der Waals surface area contributed by atoms with Gasteiger partial charge in [0, 0.05) is 11.7 Å². The van der Waals surface area contributed by atoms with Crippen molar-refractivity contribution in [2.75, 3.05) is 5.73 Å². The maximum atomic E-state index is 12.5. The Bertz CT molecular complexity index is 558. The van der Waals surface area contributed by atoms with Gasteiger partial charge in [0.15, 0.2) is 0 Å². The molecule has 21 heavy (non-hydrogen) atoms. The van der Waals surface area contributed by atoms with Crippen molar-refractivity contribution in [2.24, 2.45) is 23.7 Å². The molecule has 0 aromatic heterocycles. The molecule has 4 fully saturated rings. The molecule has 0 spiro atoms. The molecule has 4 saturated carbocycles. The first-order chi connectivity index (χ1) is 10.1. The fourth-order valence-electron chi connectivity index (χ4n) is 5.11. The molecule has 3 N–H and O–H groups in total. The zero-order valence-electron chi connectivity index (χ0n) is 12.0. The average Bonchev–Trinajstić information content (AvgIpc) is 2.41. The Labute approximate surface area is 130 Å². The van der Waals surface area contributed by atoms with Crippen LogP contribution in [0, 0.1) is 23.7 Å². The first kappa shape index (κ1) is 13.4. The number of carbonyl (C=O) groups is 1. The lowest BCUT2D eigenvalue weighted by Crippen LogP contribution is -2.55. The second-order valence-electron chi connectivity index (χ2n) is 7.17. The standard InChI is InChI=1S/C17H21ClN2O/c18-15-8-13(19)1-2-14(15)17(21)20-16-11-4-9-3-10(6-11)7-12(16)5-9/h1-2,8-12,16H,3-7,19H2,(H,20,21). The molecule has 4 heteroatoms. The Morgan fingerprint density at radius 1 is 1.10 bits per heavy atom. The van der Waals surface area contributed by atoms with Gasteiger partial charge in [-0.1, -0.05) is 11.6 Å². The van der Waals surface area contributed by atoms with E-state index >= 15 is 0 Å². The summed E-state index contributed by atoms with van der Waals surface area (Å²) in [4.78, 5) is 12.5. The summed E-state index contributed by atoms with van der Waals surface area (Å²) in [6.07, 6.45) is 6.62. The number of nitrogen functional groups attached to an aromatic ring is 1. The number of halogens is 1. The monoisotopic (exact) mass is 304 g/mol. The first-order valence-electron chi connectivity index (χ1n) is 7.96. The van der Waals surface area contributed by atoms with Gasteiger partial charge >= 0.3 is 0 Å². The van der Waals surface area contributed by atoms with E-state index in [1.54, 1.807) is 18.2 Å². The molecule has 4 bridgehead atoms. The minimum atomic E-state index is -0.0440. The van der Waals surface area contributed by atoms with E-state index in [1.165, 1.54) is 32.1 Å². The number of anilines is 1. The Kier molecular flexibility index (Phi) is 3.14. The molecular formula is C17H21ClN2O. The van der Waals surface area contributed by atoms with Crippen LogP contribution in [0.3, 0.4) is 0 Å². The van der Waals surface area contributed by atoms with Crippen LogP contribution in [-0.4, -0.2) is 11.9 Å². The zero-order valence-corrected chi connectivity index (χ0v) is 12.8. The second kappa shape index (κ2) is 4.91. The Balaban J connectivity index is 1.52. The average molecular weight is 305 g/mol. The normalized spacial score (nSPS) is 36.7. The number of nitrogens with one attached hydrogen (secondary N) is 1. The highest BCUT2D eigenvalue weighted by atomic mass is 35.5. The number of carbonyl (C=O) groups excluding carboxylic acids is 1. The van der Waals surface area contributed by atoms with Crippen LogP contribution in [0.1, 0.15) is 42.5 Å². The van der Waals surface area contributed by atoms with Crippen molar-refractivity contribution in [3.05, 3.63) is 28.8 Å². The van der Waals surface area contributed by atoms with Crippen molar-refractivity contribution >= 4 is 23.2 Å². The van der Waals surface area contributed by atoms with E-state index in [-0.39, 0.29) is 5.91 Å². The summed E-state index contributed by atoms with van der Waals surface area (Å²) in [5.74, 6) is 3.15. The van der Waals surface area contributed by atoms with Gasteiger partial charge in [-0.25, -0.2) is 0 Å². The van der Waals surface area contributed by atoms with Gasteiger partial charge < -0.3 is 11.1 Å². The molecule has 0 radical (unpaired) electrons. The van der Waals surface area contributed by atoms with Gasteiger partial charge in [0.05, 0.1) is 10.6 Å². The van der Waals surface area contributed by atoms with E-state index in [1.807, 2.05) is 0 Å². The largest absolute Gasteiger partial charge is 0.399 e. The van der Waals surface area contributed by atoms with Crippen LogP contribution in [0.2, 0.25) is 5.02 Å². The van der Waals surface area contributed by atoms with Crippen molar-refractivity contribution in [1.29, 1.82) is 0 Å². The third-order valence-electron chi connectivity index (χ3n) is 5.76. The molecule has 4 aliphatic rings. The quantitative estimate of drug-likeness (QED) is 0.822. The zero-order chi connectivity index (χ0) is 14.6. The highest BCUT2D eigenvalue weighted by molar-refractivity contribution is 6.34. The second-order valence-corrected chi connectivity index (χ2v) is 7.58. The molecule has 0 atom stereocenters. The summed E-state index contributed by atoms with van der Waals surface area (Å²) in [6.45, 7) is 0. The van der Waals surface area contributed by atoms with Crippen LogP contribution in [-0.2, 0) is 0 Å². The van der Waals surface area contributed by atoms with E-state index in [0.29, 0.717) is 34.2 Å². The van der Waals surface area contributed by atoms with Crippen LogP contribution in [0.15, 0.2) is 18.2 Å². The molecular weight excluding hydrogens is 284 g/mol. The molecule has 112 valence electrons. The van der Waals surface area contributed by atoms with E-state index in [4.69, 9.17) is 17.3 Å². The predicted octanol–water partition coefficient (Wildman–Crippen LogP) is 3.48. The van der Waals surface area contributed by atoms with Crippen LogP contribution in [0.4, 0.5) is 5.69 Å². The summed E-state index contributed by atoms with van der Waals surface area (Å²) in [7, 11) is 0. The smallest absolute Gasteiger partial charge is 0.253 e. The minimum Gasteiger partial charge on any atom is -0.399 e. The topological polar surface area (TPSA) is 55.1 Å². The van der Waals surface area contributed by atoms with Crippen molar-refractivity contribution in [3.8, 4) is 0 Å². The fourth-order valence-corrected chi connectivity index (χ4v) is 5.38. The SMILES string of the molecule is Nc1ccc(C(=O)NC2C3CC4CC(C3)CC2C4)c(Cl)c1. The number of rotatable bonds is 2. The summed E-state index contributed by atoms with van der Waals surface area (Å²) < 4.78 is 0. The maximum absolute atomic E-state index is 12.5. The molecule has 1 amide bonds. The molecule has 1 aromatic carbocycles. The molecule has 0 heterocycles. The summed E-state index contributed by atoms with van der Waals surface area (Å²) in [5, 5.41) is 3.72. The lowest BCUT2D eigenvalue weighted by Gasteiger charge is -2.54. The molecule has 4 aliphatic carbocycles. The van der Waals surface area contributed by atoms with Gasteiger partial charge in [-0.3, -0.25) is 4.79 Å². The third kappa shape index (κ3) is 2.32. The lowest BCUT2D eigenvalue weighted by molar-refractivity contribution is -0.0119. The first-order valence-corrected chi connectivity index (χ1v) is 8.34. The van der Waals surface area contributed by atoms with Crippen LogP contribution >= 0.6 is 11.6 Å². The minimum absolute atomic E-state index is 0.0440. The fraction of sp³-hybridized carbons (Fsp3) is 0.588. The Morgan fingerprint density at radius 3 is 2.29 bits per heavy atom. The van der Waals surface area contributed by atoms with Gasteiger partial charge in [0.25, 0.3) is 5.91 Å². The molecule has 1 aromatic rings. The molecule has 0 saturated heterocycles. The summed E-state index contributed by atoms with van der Waals surface area (Å²) in [6, 6.07) is 5.45. The lowest BCUT2D eigenvalue weighted by atomic mass is 9.54. The van der Waals surface area contributed by atoms with Gasteiger partial charge in [-0.2, -0.15) is 0 Å². The number of benzene rings is 1. The highest BCUT2D eigenvalue weighted by Crippen LogP contribution is 2.53. The van der Waals surface area contributed by atoms with E-state index in [9.17, 15) is 4.79 Å². The van der Waals surface area contributed by atoms with Crippen molar-refractivity contribution in [3.63, 3.8) is 0 Å². The number of hydrogen-bond acceptors (Lipinski definition) is 2. The van der Waals surface area contributed by atoms with Gasteiger partial charge in [0.2, 0.25) is 0 Å². The van der Waals surface area contributed by atoms with Crippen LogP contribution in [0.25, 0.3) is 0 Å². The van der Waals surface area contributed by atoms with Crippen molar-refractivity contribution < 1.29 is 4.79 Å². The molecule has 3 nitrogen and oxygen atoms in total. The summed E-state index contributed by atoms with van der Waals surface area (Å²) >= 11 is 6.15. The number of amides is 1. The highest BCUT2D eigenvalue weighted by Gasteiger charge is 2.48. The van der Waals surface area contributed by atoms with E-state index in [2.05, 4.69) is 5.32 Å². The molecule has 5 rings (SSSR count). The van der Waals surface area contributed by atoms with Crippen molar-refractivity contribution in [2.45, 2.75) is 38.1 Å². The summed E-state index contributed by atoms with van der Waals surface area (Å²) in [5.41, 5.74) is 6.82. The Morgan fingerprint density at radius 2 is 1.71 bits per heavy atom.